The first-order valence-corrected chi connectivity index (χ1v) is 8.01. The van der Waals surface area contributed by atoms with Crippen LogP contribution in [0, 0.1) is 5.82 Å². The SMILES string of the molecule is CC1OC[C@]2(c3ccccc3F)N=C(N)N(C)S(=O)(=O)[C@H]12. The van der Waals surface area contributed by atoms with E-state index in [2.05, 4.69) is 4.99 Å². The fourth-order valence-corrected chi connectivity index (χ4v) is 5.03. The number of halogens is 1. The molecule has 0 bridgehead atoms. The van der Waals surface area contributed by atoms with Gasteiger partial charge in [0.1, 0.15) is 16.6 Å². The summed E-state index contributed by atoms with van der Waals surface area (Å²) in [5, 5.41) is -1.00. The van der Waals surface area contributed by atoms with Gasteiger partial charge in [-0.05, 0) is 13.0 Å². The Hall–Kier alpha value is -1.67. The van der Waals surface area contributed by atoms with E-state index >= 15 is 0 Å². The van der Waals surface area contributed by atoms with Crippen LogP contribution in [0.25, 0.3) is 0 Å². The Balaban J connectivity index is 2.31. The zero-order valence-corrected chi connectivity index (χ0v) is 12.5. The largest absolute Gasteiger partial charge is 0.374 e. The number of rotatable bonds is 1. The third-order valence-electron chi connectivity index (χ3n) is 4.14. The summed E-state index contributed by atoms with van der Waals surface area (Å²) in [6, 6.07) is 5.99. The molecule has 1 saturated heterocycles. The molecule has 2 N–H and O–H groups in total. The molecule has 3 rings (SSSR count). The Kier molecular flexibility index (Phi) is 3.00. The van der Waals surface area contributed by atoms with Crippen LogP contribution in [0.5, 0.6) is 0 Å². The lowest BCUT2D eigenvalue weighted by molar-refractivity contribution is 0.117. The van der Waals surface area contributed by atoms with Crippen LogP contribution in [0.1, 0.15) is 12.5 Å². The minimum Gasteiger partial charge on any atom is -0.374 e. The van der Waals surface area contributed by atoms with Crippen molar-refractivity contribution in [1.82, 2.24) is 4.31 Å². The van der Waals surface area contributed by atoms with Gasteiger partial charge in [0.15, 0.2) is 0 Å². The molecule has 0 radical (unpaired) electrons. The maximum Gasteiger partial charge on any atom is 0.245 e. The second-order valence-corrected chi connectivity index (χ2v) is 7.41. The Labute approximate surface area is 122 Å². The minimum atomic E-state index is -3.77. The number of guanidine groups is 1. The number of nitrogens with two attached hydrogens (primary N) is 1. The van der Waals surface area contributed by atoms with Gasteiger partial charge in [0.25, 0.3) is 0 Å². The van der Waals surface area contributed by atoms with Crippen LogP contribution in [0.2, 0.25) is 0 Å². The van der Waals surface area contributed by atoms with E-state index in [4.69, 9.17) is 10.5 Å². The van der Waals surface area contributed by atoms with Crippen LogP contribution in [0.4, 0.5) is 4.39 Å². The first kappa shape index (κ1) is 14.3. The van der Waals surface area contributed by atoms with Crippen molar-refractivity contribution in [3.63, 3.8) is 0 Å². The fraction of sp³-hybridized carbons (Fsp3) is 0.462. The van der Waals surface area contributed by atoms with Gasteiger partial charge in [0.2, 0.25) is 16.0 Å². The van der Waals surface area contributed by atoms with Crippen LogP contribution < -0.4 is 5.73 Å². The maximum absolute atomic E-state index is 14.2. The number of fused-ring (bicyclic) bond motifs is 1. The van der Waals surface area contributed by atoms with Crippen molar-refractivity contribution in [2.24, 2.45) is 10.7 Å². The lowest BCUT2D eigenvalue weighted by Crippen LogP contribution is -2.58. The highest BCUT2D eigenvalue weighted by Crippen LogP contribution is 2.45. The molecule has 2 heterocycles. The summed E-state index contributed by atoms with van der Waals surface area (Å²) >= 11 is 0. The summed E-state index contributed by atoms with van der Waals surface area (Å²) in [6.07, 6.45) is -0.603. The molecule has 1 aromatic rings. The van der Waals surface area contributed by atoms with E-state index in [1.807, 2.05) is 0 Å². The summed E-state index contributed by atoms with van der Waals surface area (Å²) in [5.74, 6) is -0.677. The van der Waals surface area contributed by atoms with E-state index < -0.39 is 32.7 Å². The van der Waals surface area contributed by atoms with Crippen molar-refractivity contribution < 1.29 is 17.5 Å². The van der Waals surface area contributed by atoms with Gasteiger partial charge in [-0.25, -0.2) is 22.1 Å². The van der Waals surface area contributed by atoms with Crippen LogP contribution in [-0.2, 0) is 20.3 Å². The lowest BCUT2D eigenvalue weighted by Gasteiger charge is -2.39. The first-order valence-electron chi connectivity index (χ1n) is 6.50. The molecule has 0 aliphatic carbocycles. The minimum absolute atomic E-state index is 0.0203. The molecule has 0 saturated carbocycles. The highest BCUT2D eigenvalue weighted by Gasteiger charge is 2.61. The van der Waals surface area contributed by atoms with Gasteiger partial charge in [0.05, 0.1) is 12.7 Å². The molecule has 114 valence electrons. The summed E-state index contributed by atoms with van der Waals surface area (Å²) < 4.78 is 46.0. The number of hydrogen-bond donors (Lipinski definition) is 1. The highest BCUT2D eigenvalue weighted by molar-refractivity contribution is 7.90. The van der Waals surface area contributed by atoms with Crippen LogP contribution in [0.15, 0.2) is 29.3 Å². The monoisotopic (exact) mass is 313 g/mol. The Morgan fingerprint density at radius 2 is 2.14 bits per heavy atom. The van der Waals surface area contributed by atoms with E-state index in [9.17, 15) is 12.8 Å². The van der Waals surface area contributed by atoms with Gasteiger partial charge in [-0.2, -0.15) is 0 Å². The standard InChI is InChI=1S/C13H16FN3O3S/c1-8-11-13(7-20-8,9-5-3-4-6-10(9)14)16-12(15)17(2)21(11,18)19/h3-6,8,11H,7H2,1-2H3,(H2,15,16)/t8?,11-,13-/m1/s1. The van der Waals surface area contributed by atoms with Gasteiger partial charge >= 0.3 is 0 Å². The van der Waals surface area contributed by atoms with Gasteiger partial charge in [-0.3, -0.25) is 0 Å². The zero-order chi connectivity index (χ0) is 15.4. The maximum atomic E-state index is 14.2. The van der Waals surface area contributed by atoms with E-state index in [-0.39, 0.29) is 18.1 Å². The van der Waals surface area contributed by atoms with E-state index in [0.717, 1.165) is 4.31 Å². The third kappa shape index (κ3) is 1.78. The second-order valence-electron chi connectivity index (χ2n) is 5.32. The molecule has 0 amide bonds. The molecule has 3 atom stereocenters. The molecule has 0 aromatic heterocycles. The van der Waals surface area contributed by atoms with Gasteiger partial charge in [-0.1, -0.05) is 18.2 Å². The quantitative estimate of drug-likeness (QED) is 0.813. The number of ether oxygens (including phenoxy) is 1. The molecule has 8 heteroatoms. The number of sulfonamides is 1. The van der Waals surface area contributed by atoms with E-state index in [1.54, 1.807) is 19.1 Å². The van der Waals surface area contributed by atoms with Crippen molar-refractivity contribution in [2.75, 3.05) is 13.7 Å². The molecule has 0 spiro atoms. The van der Waals surface area contributed by atoms with Gasteiger partial charge in [0, 0.05) is 12.6 Å². The predicted molar refractivity (Wildman–Crippen MR) is 75.6 cm³/mol. The fourth-order valence-electron chi connectivity index (χ4n) is 3.08. The summed E-state index contributed by atoms with van der Waals surface area (Å²) in [5.41, 5.74) is 4.61. The van der Waals surface area contributed by atoms with Crippen molar-refractivity contribution in [1.29, 1.82) is 0 Å². The Bertz CT molecular complexity index is 721. The Morgan fingerprint density at radius 3 is 2.81 bits per heavy atom. The van der Waals surface area contributed by atoms with Crippen molar-refractivity contribution in [3.8, 4) is 0 Å². The van der Waals surface area contributed by atoms with Crippen LogP contribution in [0.3, 0.4) is 0 Å². The van der Waals surface area contributed by atoms with E-state index in [0.29, 0.717) is 0 Å². The smallest absolute Gasteiger partial charge is 0.245 e. The molecule has 2 aliphatic rings. The average Bonchev–Trinajstić information content (AvgIpc) is 2.76. The molecule has 1 unspecified atom stereocenters. The molecule has 1 fully saturated rings. The van der Waals surface area contributed by atoms with Crippen LogP contribution in [-0.4, -0.2) is 43.7 Å². The van der Waals surface area contributed by atoms with E-state index in [1.165, 1.54) is 19.2 Å². The predicted octanol–water partition coefficient (Wildman–Crippen LogP) is 0.398. The van der Waals surface area contributed by atoms with Gasteiger partial charge < -0.3 is 10.5 Å². The van der Waals surface area contributed by atoms with Crippen LogP contribution >= 0.6 is 0 Å². The number of hydrogen-bond acceptors (Lipinski definition) is 5. The summed E-state index contributed by atoms with van der Waals surface area (Å²) in [4.78, 5) is 4.31. The molecule has 1 aromatic carbocycles. The number of nitrogens with zero attached hydrogens (tertiary/aromatic N) is 2. The normalized spacial score (nSPS) is 34.4. The number of benzene rings is 1. The number of aliphatic imine (C=N–C) groups is 1. The third-order valence-corrected chi connectivity index (χ3v) is 6.51. The molecule has 2 aliphatic heterocycles. The molecule has 6 nitrogen and oxygen atoms in total. The summed E-state index contributed by atoms with van der Waals surface area (Å²) in [6.45, 7) is 1.63. The summed E-state index contributed by atoms with van der Waals surface area (Å²) in [7, 11) is -2.44. The molecular formula is C13H16FN3O3S. The van der Waals surface area contributed by atoms with Crippen molar-refractivity contribution in [2.45, 2.75) is 23.8 Å². The zero-order valence-electron chi connectivity index (χ0n) is 11.7. The Morgan fingerprint density at radius 1 is 1.48 bits per heavy atom. The molecule has 21 heavy (non-hydrogen) atoms. The lowest BCUT2D eigenvalue weighted by atomic mass is 9.87. The van der Waals surface area contributed by atoms with Crippen molar-refractivity contribution in [3.05, 3.63) is 35.6 Å². The van der Waals surface area contributed by atoms with Crippen molar-refractivity contribution >= 4 is 16.0 Å². The first-order chi connectivity index (χ1) is 9.80. The highest BCUT2D eigenvalue weighted by atomic mass is 32.2. The second kappa shape index (κ2) is 4.41. The topological polar surface area (TPSA) is 85.0 Å². The average molecular weight is 313 g/mol. The van der Waals surface area contributed by atoms with Gasteiger partial charge in [-0.15, -0.1) is 0 Å². The molecular weight excluding hydrogens is 297 g/mol.